The number of benzene rings is 3. The number of halogens is 1. The summed E-state index contributed by atoms with van der Waals surface area (Å²) in [6, 6.07) is 24.2. The quantitative estimate of drug-likeness (QED) is 0.507. The Morgan fingerprint density at radius 2 is 1.60 bits per heavy atom. The number of hydrogen-bond acceptors (Lipinski definition) is 3. The monoisotopic (exact) mass is 463 g/mol. The minimum Gasteiger partial charge on any atom is -0.375 e. The van der Waals surface area contributed by atoms with Crippen molar-refractivity contribution in [3.8, 4) is 0 Å². The largest absolute Gasteiger partial charge is 0.375 e. The summed E-state index contributed by atoms with van der Waals surface area (Å²) in [5.41, 5.74) is 1.02. The molecule has 0 saturated heterocycles. The molecule has 30 heavy (non-hydrogen) atoms. The fourth-order valence-corrected chi connectivity index (χ4v) is 4.22. The van der Waals surface area contributed by atoms with E-state index in [2.05, 4.69) is 28.1 Å². The molecule has 1 aliphatic heterocycles. The van der Waals surface area contributed by atoms with Crippen LogP contribution in [-0.4, -0.2) is 23.3 Å². The summed E-state index contributed by atoms with van der Waals surface area (Å²) in [7, 11) is 0. The van der Waals surface area contributed by atoms with Crippen LogP contribution in [0.15, 0.2) is 83.3 Å². The van der Waals surface area contributed by atoms with Crippen molar-refractivity contribution in [1.82, 2.24) is 0 Å². The zero-order valence-corrected chi connectivity index (χ0v) is 18.0. The van der Waals surface area contributed by atoms with Gasteiger partial charge in [-0.1, -0.05) is 76.6 Å². The lowest BCUT2D eigenvalue weighted by Crippen LogP contribution is -2.42. The number of nitrogens with zero attached hydrogens (tertiary/aromatic N) is 1. The predicted octanol–water partition coefficient (Wildman–Crippen LogP) is 4.89. The highest BCUT2D eigenvalue weighted by molar-refractivity contribution is 9.10. The van der Waals surface area contributed by atoms with E-state index < -0.39 is 11.5 Å². The van der Waals surface area contributed by atoms with Crippen LogP contribution in [0.4, 0.5) is 5.69 Å². The van der Waals surface area contributed by atoms with Gasteiger partial charge in [0, 0.05) is 22.1 Å². The normalized spacial score (nSPS) is 17.8. The molecular formula is C25H22BrNO3. The molecule has 0 fully saturated rings. The van der Waals surface area contributed by atoms with Crippen LogP contribution >= 0.6 is 15.9 Å². The highest BCUT2D eigenvalue weighted by atomic mass is 79.9. The van der Waals surface area contributed by atoms with E-state index in [0.29, 0.717) is 23.4 Å². The number of Topliss-reactive ketones (excluding diaryl/α,β-unsaturated/α-hetero) is 1. The SMILES string of the molecule is O=C(C[C@@]1(O)C(=O)N(CCCc2ccccc2)c2ccccc21)c1ccc(Br)cc1. The Morgan fingerprint density at radius 3 is 2.33 bits per heavy atom. The molecule has 1 N–H and O–H groups in total. The lowest BCUT2D eigenvalue weighted by Gasteiger charge is -2.23. The van der Waals surface area contributed by atoms with Gasteiger partial charge in [-0.25, -0.2) is 0 Å². The van der Waals surface area contributed by atoms with E-state index in [4.69, 9.17) is 0 Å². The molecule has 1 aliphatic rings. The highest BCUT2D eigenvalue weighted by Gasteiger charge is 2.50. The van der Waals surface area contributed by atoms with E-state index >= 15 is 0 Å². The number of aryl methyl sites for hydroxylation is 1. The summed E-state index contributed by atoms with van der Waals surface area (Å²) in [6.45, 7) is 0.486. The summed E-state index contributed by atoms with van der Waals surface area (Å²) in [5, 5.41) is 11.4. The molecule has 1 amide bonds. The second-order valence-corrected chi connectivity index (χ2v) is 8.45. The van der Waals surface area contributed by atoms with Crippen molar-refractivity contribution in [1.29, 1.82) is 0 Å². The number of fused-ring (bicyclic) bond motifs is 1. The first kappa shape index (κ1) is 20.5. The summed E-state index contributed by atoms with van der Waals surface area (Å²) in [5.74, 6) is -0.693. The third-order valence-electron chi connectivity index (χ3n) is 5.51. The average molecular weight is 464 g/mol. The maximum atomic E-state index is 13.3. The lowest BCUT2D eigenvalue weighted by atomic mass is 9.88. The number of ketones is 1. The summed E-state index contributed by atoms with van der Waals surface area (Å²) in [4.78, 5) is 27.7. The lowest BCUT2D eigenvalue weighted by molar-refractivity contribution is -0.135. The van der Waals surface area contributed by atoms with E-state index in [1.165, 1.54) is 5.56 Å². The van der Waals surface area contributed by atoms with Gasteiger partial charge in [-0.15, -0.1) is 0 Å². The average Bonchev–Trinajstić information content (AvgIpc) is 2.97. The summed E-state index contributed by atoms with van der Waals surface area (Å²) < 4.78 is 0.865. The van der Waals surface area contributed by atoms with Crippen LogP contribution < -0.4 is 4.90 Å². The zero-order valence-electron chi connectivity index (χ0n) is 16.4. The van der Waals surface area contributed by atoms with Crippen LogP contribution in [0.2, 0.25) is 0 Å². The number of rotatable bonds is 7. The van der Waals surface area contributed by atoms with E-state index in [-0.39, 0.29) is 12.2 Å². The molecule has 1 heterocycles. The van der Waals surface area contributed by atoms with Crippen molar-refractivity contribution >= 4 is 33.3 Å². The molecule has 3 aromatic carbocycles. The summed E-state index contributed by atoms with van der Waals surface area (Å²) >= 11 is 3.35. The smallest absolute Gasteiger partial charge is 0.264 e. The van der Waals surface area contributed by atoms with Crippen molar-refractivity contribution in [2.45, 2.75) is 24.9 Å². The van der Waals surface area contributed by atoms with Crippen LogP contribution in [0, 0.1) is 0 Å². The fourth-order valence-electron chi connectivity index (χ4n) is 3.96. The van der Waals surface area contributed by atoms with Gasteiger partial charge in [0.2, 0.25) is 0 Å². The number of anilines is 1. The van der Waals surface area contributed by atoms with E-state index in [1.807, 2.05) is 30.3 Å². The zero-order chi connectivity index (χ0) is 21.1. The Bertz CT molecular complexity index is 1070. The minimum absolute atomic E-state index is 0.265. The van der Waals surface area contributed by atoms with Gasteiger partial charge in [-0.05, 0) is 36.6 Å². The highest BCUT2D eigenvalue weighted by Crippen LogP contribution is 2.43. The molecule has 152 valence electrons. The van der Waals surface area contributed by atoms with Crippen molar-refractivity contribution in [2.24, 2.45) is 0 Å². The van der Waals surface area contributed by atoms with Gasteiger partial charge >= 0.3 is 0 Å². The van der Waals surface area contributed by atoms with Crippen molar-refractivity contribution in [3.63, 3.8) is 0 Å². The molecule has 0 aromatic heterocycles. The van der Waals surface area contributed by atoms with E-state index in [0.717, 1.165) is 17.3 Å². The molecule has 1 atom stereocenters. The molecule has 5 heteroatoms. The van der Waals surface area contributed by atoms with Crippen molar-refractivity contribution in [3.05, 3.63) is 100 Å². The molecule has 3 aromatic rings. The van der Waals surface area contributed by atoms with Crippen LogP contribution in [0.1, 0.15) is 34.3 Å². The molecule has 4 nitrogen and oxygen atoms in total. The minimum atomic E-state index is -1.84. The maximum Gasteiger partial charge on any atom is 0.264 e. The number of amides is 1. The molecule has 0 radical (unpaired) electrons. The fraction of sp³-hybridized carbons (Fsp3) is 0.200. The Balaban J connectivity index is 1.54. The second kappa shape index (κ2) is 8.54. The molecule has 0 bridgehead atoms. The third-order valence-corrected chi connectivity index (χ3v) is 6.04. The predicted molar refractivity (Wildman–Crippen MR) is 121 cm³/mol. The first-order valence-corrected chi connectivity index (χ1v) is 10.7. The Kier molecular flexibility index (Phi) is 5.84. The second-order valence-electron chi connectivity index (χ2n) is 7.53. The maximum absolute atomic E-state index is 13.3. The number of hydrogen-bond donors (Lipinski definition) is 1. The molecule has 0 aliphatic carbocycles. The summed E-state index contributed by atoms with van der Waals surface area (Å²) in [6.07, 6.45) is 1.32. The molecule has 0 spiro atoms. The molecule has 0 unspecified atom stereocenters. The van der Waals surface area contributed by atoms with Crippen LogP contribution in [0.25, 0.3) is 0 Å². The number of carbonyl (C=O) groups excluding carboxylic acids is 2. The molecular weight excluding hydrogens is 442 g/mol. The Hall–Kier alpha value is -2.76. The van der Waals surface area contributed by atoms with E-state index in [9.17, 15) is 14.7 Å². The first-order chi connectivity index (χ1) is 14.5. The van der Waals surface area contributed by atoms with Crippen LogP contribution in [0.5, 0.6) is 0 Å². The third kappa shape index (κ3) is 3.95. The van der Waals surface area contributed by atoms with Gasteiger partial charge < -0.3 is 10.0 Å². The molecule has 0 saturated carbocycles. The first-order valence-electron chi connectivity index (χ1n) is 9.95. The van der Waals surface area contributed by atoms with Gasteiger partial charge in [0.05, 0.1) is 12.1 Å². The van der Waals surface area contributed by atoms with Gasteiger partial charge in [0.25, 0.3) is 5.91 Å². The van der Waals surface area contributed by atoms with Crippen molar-refractivity contribution in [2.75, 3.05) is 11.4 Å². The van der Waals surface area contributed by atoms with Gasteiger partial charge in [-0.2, -0.15) is 0 Å². The molecule has 4 rings (SSSR count). The van der Waals surface area contributed by atoms with Crippen LogP contribution in [-0.2, 0) is 16.8 Å². The number of para-hydroxylation sites is 1. The number of carbonyl (C=O) groups is 2. The Labute approximate surface area is 184 Å². The van der Waals surface area contributed by atoms with Gasteiger partial charge in [-0.3, -0.25) is 9.59 Å². The standard InChI is InChI=1S/C25H22BrNO3/c26-20-14-12-19(13-15-20)23(28)17-25(30)21-10-4-5-11-22(21)27(24(25)29)16-6-9-18-7-2-1-3-8-18/h1-5,7-8,10-15,30H,6,9,16-17H2/t25-/m0/s1. The van der Waals surface area contributed by atoms with Crippen LogP contribution in [0.3, 0.4) is 0 Å². The van der Waals surface area contributed by atoms with Crippen molar-refractivity contribution < 1.29 is 14.7 Å². The van der Waals surface area contributed by atoms with E-state index in [1.54, 1.807) is 41.3 Å². The van der Waals surface area contributed by atoms with Gasteiger partial charge in [0.15, 0.2) is 11.4 Å². The number of aliphatic hydroxyl groups is 1. The topological polar surface area (TPSA) is 57.6 Å². The Morgan fingerprint density at radius 1 is 0.933 bits per heavy atom. The van der Waals surface area contributed by atoms with Gasteiger partial charge in [0.1, 0.15) is 0 Å².